The van der Waals surface area contributed by atoms with Gasteiger partial charge in [-0.25, -0.2) is 15.0 Å². The van der Waals surface area contributed by atoms with E-state index in [-0.39, 0.29) is 11.9 Å². The Kier molecular flexibility index (Phi) is 5.43. The first-order chi connectivity index (χ1) is 13.3. The Morgan fingerprint density at radius 3 is 2.41 bits per heavy atom. The molecule has 8 heteroatoms. The van der Waals surface area contributed by atoms with Crippen LogP contribution < -0.4 is 15.1 Å². The van der Waals surface area contributed by atoms with Gasteiger partial charge in [0.05, 0.1) is 18.8 Å². The molecule has 2 aliphatic heterocycles. The summed E-state index contributed by atoms with van der Waals surface area (Å²) in [5.41, 5.74) is 0.633. The van der Waals surface area contributed by atoms with Gasteiger partial charge in [0.2, 0.25) is 5.95 Å². The van der Waals surface area contributed by atoms with E-state index in [0.29, 0.717) is 18.8 Å². The normalized spacial score (nSPS) is 18.4. The second-order valence-electron chi connectivity index (χ2n) is 6.76. The van der Waals surface area contributed by atoms with Crippen molar-refractivity contribution in [3.05, 3.63) is 42.4 Å². The molecule has 0 unspecified atom stereocenters. The van der Waals surface area contributed by atoms with Crippen molar-refractivity contribution in [3.63, 3.8) is 0 Å². The van der Waals surface area contributed by atoms with Crippen molar-refractivity contribution in [2.45, 2.75) is 18.9 Å². The summed E-state index contributed by atoms with van der Waals surface area (Å²) in [6, 6.07) is 5.63. The Balaban J connectivity index is 1.37. The molecular formula is C19H24N6O2. The van der Waals surface area contributed by atoms with Crippen LogP contribution in [0.15, 0.2) is 36.8 Å². The number of hydrogen-bond acceptors (Lipinski definition) is 7. The maximum atomic E-state index is 12.9. The minimum Gasteiger partial charge on any atom is -0.378 e. The van der Waals surface area contributed by atoms with Gasteiger partial charge < -0.3 is 19.9 Å². The van der Waals surface area contributed by atoms with Crippen LogP contribution in [-0.2, 0) is 4.74 Å². The number of nitrogens with one attached hydrogen (secondary N) is 1. The largest absolute Gasteiger partial charge is 0.378 e. The number of ether oxygens (including phenoxy) is 1. The molecule has 2 aromatic heterocycles. The van der Waals surface area contributed by atoms with Crippen molar-refractivity contribution >= 4 is 17.7 Å². The predicted octanol–water partition coefficient (Wildman–Crippen LogP) is 1.11. The van der Waals surface area contributed by atoms with Crippen molar-refractivity contribution in [1.29, 1.82) is 0 Å². The van der Waals surface area contributed by atoms with Crippen LogP contribution in [0.25, 0.3) is 0 Å². The van der Waals surface area contributed by atoms with Gasteiger partial charge in [-0.05, 0) is 31.0 Å². The van der Waals surface area contributed by atoms with Crippen LogP contribution in [0.4, 0.5) is 11.8 Å². The Morgan fingerprint density at radius 1 is 0.963 bits per heavy atom. The second-order valence-corrected chi connectivity index (χ2v) is 6.76. The van der Waals surface area contributed by atoms with Gasteiger partial charge in [-0.2, -0.15) is 0 Å². The van der Waals surface area contributed by atoms with Gasteiger partial charge in [0.15, 0.2) is 0 Å². The SMILES string of the molecule is O=C(NC1CCN(c2ncccn2)CC1)c1cccnc1N1CCOCC1. The van der Waals surface area contributed by atoms with E-state index in [0.717, 1.165) is 50.8 Å². The van der Waals surface area contributed by atoms with Crippen molar-refractivity contribution in [2.24, 2.45) is 0 Å². The summed E-state index contributed by atoms with van der Waals surface area (Å²) in [5.74, 6) is 1.44. The number of hydrogen-bond donors (Lipinski definition) is 1. The van der Waals surface area contributed by atoms with Crippen LogP contribution in [-0.4, -0.2) is 66.3 Å². The first-order valence-electron chi connectivity index (χ1n) is 9.42. The molecule has 0 spiro atoms. The zero-order valence-corrected chi connectivity index (χ0v) is 15.3. The summed E-state index contributed by atoms with van der Waals surface area (Å²) in [4.78, 5) is 30.2. The first kappa shape index (κ1) is 17.7. The number of carbonyl (C=O) groups excluding carboxylic acids is 1. The summed E-state index contributed by atoms with van der Waals surface area (Å²) >= 11 is 0. The van der Waals surface area contributed by atoms with Gasteiger partial charge in [0.25, 0.3) is 5.91 Å². The van der Waals surface area contributed by atoms with Crippen LogP contribution in [0.2, 0.25) is 0 Å². The average Bonchev–Trinajstić information content (AvgIpc) is 2.75. The van der Waals surface area contributed by atoms with E-state index in [1.165, 1.54) is 0 Å². The standard InChI is InChI=1S/C19H24N6O2/c26-18(16-3-1-6-20-17(16)24-11-13-27-14-12-24)23-15-4-9-25(10-5-15)19-21-7-2-8-22-19/h1-3,6-8,15H,4-5,9-14H2,(H,23,26). The lowest BCUT2D eigenvalue weighted by molar-refractivity contribution is 0.0929. The smallest absolute Gasteiger partial charge is 0.255 e. The van der Waals surface area contributed by atoms with E-state index in [9.17, 15) is 4.79 Å². The molecule has 0 aromatic carbocycles. The summed E-state index contributed by atoms with van der Waals surface area (Å²) in [6.45, 7) is 4.51. The van der Waals surface area contributed by atoms with Crippen molar-refractivity contribution < 1.29 is 9.53 Å². The molecule has 1 amide bonds. The lowest BCUT2D eigenvalue weighted by Gasteiger charge is -2.33. The van der Waals surface area contributed by atoms with Crippen molar-refractivity contribution in [2.75, 3.05) is 49.2 Å². The molecule has 2 saturated heterocycles. The molecule has 2 aromatic rings. The predicted molar refractivity (Wildman–Crippen MR) is 102 cm³/mol. The number of nitrogens with zero attached hydrogens (tertiary/aromatic N) is 5. The first-order valence-corrected chi connectivity index (χ1v) is 9.42. The third-order valence-corrected chi connectivity index (χ3v) is 5.01. The third-order valence-electron chi connectivity index (χ3n) is 5.01. The maximum Gasteiger partial charge on any atom is 0.255 e. The fourth-order valence-corrected chi connectivity index (χ4v) is 3.54. The molecule has 0 saturated carbocycles. The minimum atomic E-state index is -0.0565. The highest BCUT2D eigenvalue weighted by molar-refractivity contribution is 5.99. The zero-order chi connectivity index (χ0) is 18.5. The fraction of sp³-hybridized carbons (Fsp3) is 0.474. The van der Waals surface area contributed by atoms with Crippen molar-refractivity contribution in [1.82, 2.24) is 20.3 Å². The molecule has 0 aliphatic carbocycles. The highest BCUT2D eigenvalue weighted by atomic mass is 16.5. The van der Waals surface area contributed by atoms with Crippen molar-refractivity contribution in [3.8, 4) is 0 Å². The van der Waals surface area contributed by atoms with E-state index in [1.54, 1.807) is 18.6 Å². The molecule has 1 N–H and O–H groups in total. The molecule has 142 valence electrons. The van der Waals surface area contributed by atoms with Gasteiger partial charge in [-0.1, -0.05) is 0 Å². The Hall–Kier alpha value is -2.74. The monoisotopic (exact) mass is 368 g/mol. The number of amides is 1. The molecule has 2 aliphatic rings. The lowest BCUT2D eigenvalue weighted by Crippen LogP contribution is -2.45. The summed E-state index contributed by atoms with van der Waals surface area (Å²) in [5, 5.41) is 3.18. The molecule has 0 bridgehead atoms. The molecular weight excluding hydrogens is 344 g/mol. The van der Waals surface area contributed by atoms with Gasteiger partial charge >= 0.3 is 0 Å². The number of pyridine rings is 1. The maximum absolute atomic E-state index is 12.9. The van der Waals surface area contributed by atoms with Crippen LogP contribution in [0.5, 0.6) is 0 Å². The number of anilines is 2. The van der Waals surface area contributed by atoms with E-state index >= 15 is 0 Å². The molecule has 0 radical (unpaired) electrons. The Morgan fingerprint density at radius 2 is 1.67 bits per heavy atom. The number of rotatable bonds is 4. The van der Waals surface area contributed by atoms with Crippen LogP contribution in [0, 0.1) is 0 Å². The van der Waals surface area contributed by atoms with Gasteiger partial charge in [0.1, 0.15) is 5.82 Å². The van der Waals surface area contributed by atoms with Gasteiger partial charge in [-0.15, -0.1) is 0 Å². The molecule has 8 nitrogen and oxygen atoms in total. The fourth-order valence-electron chi connectivity index (χ4n) is 3.54. The summed E-state index contributed by atoms with van der Waals surface area (Å²) in [6.07, 6.45) is 6.99. The number of aromatic nitrogens is 3. The van der Waals surface area contributed by atoms with E-state index in [1.807, 2.05) is 18.2 Å². The number of carbonyl (C=O) groups is 1. The zero-order valence-electron chi connectivity index (χ0n) is 15.3. The lowest BCUT2D eigenvalue weighted by atomic mass is 10.0. The van der Waals surface area contributed by atoms with Gasteiger partial charge in [-0.3, -0.25) is 4.79 Å². The number of morpholine rings is 1. The topological polar surface area (TPSA) is 83.5 Å². The summed E-state index contributed by atoms with van der Waals surface area (Å²) in [7, 11) is 0. The highest BCUT2D eigenvalue weighted by Crippen LogP contribution is 2.20. The molecule has 2 fully saturated rings. The third kappa shape index (κ3) is 4.16. The molecule has 0 atom stereocenters. The average molecular weight is 368 g/mol. The number of piperidine rings is 1. The van der Waals surface area contributed by atoms with E-state index in [2.05, 4.69) is 30.1 Å². The highest BCUT2D eigenvalue weighted by Gasteiger charge is 2.25. The summed E-state index contributed by atoms with van der Waals surface area (Å²) < 4.78 is 5.40. The second kappa shape index (κ2) is 8.30. The molecule has 4 rings (SSSR count). The Bertz CT molecular complexity index is 758. The quantitative estimate of drug-likeness (QED) is 0.865. The van der Waals surface area contributed by atoms with E-state index in [4.69, 9.17) is 4.74 Å². The van der Waals surface area contributed by atoms with E-state index < -0.39 is 0 Å². The van der Waals surface area contributed by atoms with Crippen LogP contribution in [0.3, 0.4) is 0 Å². The minimum absolute atomic E-state index is 0.0565. The van der Waals surface area contributed by atoms with Gasteiger partial charge in [0, 0.05) is 50.8 Å². The van der Waals surface area contributed by atoms with Crippen LogP contribution >= 0.6 is 0 Å². The molecule has 27 heavy (non-hydrogen) atoms. The van der Waals surface area contributed by atoms with Crippen LogP contribution in [0.1, 0.15) is 23.2 Å². The molecule has 4 heterocycles. The Labute approximate surface area is 158 Å².